The van der Waals surface area contributed by atoms with Crippen LogP contribution in [0.3, 0.4) is 0 Å². The van der Waals surface area contributed by atoms with Crippen LogP contribution in [0.2, 0.25) is 0 Å². The molecule has 0 aliphatic carbocycles. The summed E-state index contributed by atoms with van der Waals surface area (Å²) in [4.78, 5) is 13.9. The first-order chi connectivity index (χ1) is 6.41. The first-order valence-corrected chi connectivity index (χ1v) is 6.28. The van der Waals surface area contributed by atoms with Crippen molar-refractivity contribution in [2.24, 2.45) is 5.92 Å². The van der Waals surface area contributed by atoms with E-state index in [1.54, 1.807) is 0 Å². The lowest BCUT2D eigenvalue weighted by atomic mass is 10.1. The molecule has 1 fully saturated rings. The number of nitrogens with zero attached hydrogens (tertiary/aromatic N) is 1. The predicted octanol–water partition coefficient (Wildman–Crippen LogP) is 2.04. The van der Waals surface area contributed by atoms with Crippen LogP contribution in [0.5, 0.6) is 0 Å². The van der Waals surface area contributed by atoms with Gasteiger partial charge in [-0.05, 0) is 13.8 Å². The highest BCUT2D eigenvalue weighted by Crippen LogP contribution is 2.29. The molecule has 0 bridgehead atoms. The van der Waals surface area contributed by atoms with Crippen molar-refractivity contribution >= 4 is 17.5 Å². The van der Waals surface area contributed by atoms with Crippen LogP contribution in [0.15, 0.2) is 0 Å². The van der Waals surface area contributed by atoms with Crippen molar-refractivity contribution in [3.8, 4) is 0 Å². The van der Waals surface area contributed by atoms with Gasteiger partial charge in [-0.15, -0.1) is 0 Å². The minimum absolute atomic E-state index is 0.174. The molecule has 0 saturated carbocycles. The van der Waals surface area contributed by atoms with Crippen LogP contribution in [0.25, 0.3) is 0 Å². The van der Waals surface area contributed by atoms with E-state index >= 15 is 0 Å². The number of carbonyl (C=O) groups excluding carboxylic acids is 1. The van der Waals surface area contributed by atoms with Gasteiger partial charge in [-0.3, -0.25) is 9.69 Å². The van der Waals surface area contributed by atoms with E-state index in [1.807, 2.05) is 25.6 Å². The molecule has 2 nitrogen and oxygen atoms in total. The molecular weight excluding hydrogens is 194 g/mol. The fourth-order valence-corrected chi connectivity index (χ4v) is 2.83. The van der Waals surface area contributed by atoms with Crippen LogP contribution in [0, 0.1) is 5.92 Å². The van der Waals surface area contributed by atoms with Gasteiger partial charge >= 0.3 is 0 Å². The molecule has 0 aromatic carbocycles. The molecule has 0 unspecified atom stereocenters. The Balaban J connectivity index is 2.42. The van der Waals surface area contributed by atoms with Crippen molar-refractivity contribution in [3.05, 3.63) is 0 Å². The highest BCUT2D eigenvalue weighted by molar-refractivity contribution is 8.00. The minimum atomic E-state index is 0.174. The van der Waals surface area contributed by atoms with Gasteiger partial charge in [0.2, 0.25) is 0 Å². The molecule has 1 saturated heterocycles. The van der Waals surface area contributed by atoms with Crippen LogP contribution in [0.1, 0.15) is 27.7 Å². The summed E-state index contributed by atoms with van der Waals surface area (Å²) in [6.45, 7) is 11.2. The summed E-state index contributed by atoms with van der Waals surface area (Å²) in [5.41, 5.74) is 0. The molecule has 1 rings (SSSR count). The van der Waals surface area contributed by atoms with Gasteiger partial charge in [-0.2, -0.15) is 11.8 Å². The normalized spacial score (nSPS) is 22.6. The van der Waals surface area contributed by atoms with Crippen LogP contribution >= 0.6 is 11.8 Å². The second-order valence-corrected chi connectivity index (χ2v) is 6.74. The Morgan fingerprint density at radius 3 is 2.64 bits per heavy atom. The van der Waals surface area contributed by atoms with E-state index < -0.39 is 0 Å². The van der Waals surface area contributed by atoms with Gasteiger partial charge in [0.1, 0.15) is 5.78 Å². The summed E-state index contributed by atoms with van der Waals surface area (Å²) in [5.74, 6) is 1.69. The zero-order valence-electron chi connectivity index (χ0n) is 9.67. The molecule has 0 radical (unpaired) electrons. The lowest BCUT2D eigenvalue weighted by Crippen LogP contribution is -2.45. The molecule has 0 amide bonds. The van der Waals surface area contributed by atoms with E-state index in [2.05, 4.69) is 18.7 Å². The molecular formula is C11H21NOS. The SMILES string of the molecule is CC(C)C(=O)CN1CCSC(C)(C)C1. The minimum Gasteiger partial charge on any atom is -0.298 e. The van der Waals surface area contributed by atoms with Crippen molar-refractivity contribution < 1.29 is 4.79 Å². The van der Waals surface area contributed by atoms with Crippen molar-refractivity contribution in [3.63, 3.8) is 0 Å². The topological polar surface area (TPSA) is 20.3 Å². The average molecular weight is 215 g/mol. The lowest BCUT2D eigenvalue weighted by molar-refractivity contribution is -0.123. The van der Waals surface area contributed by atoms with Crippen molar-refractivity contribution in [2.45, 2.75) is 32.4 Å². The standard InChI is InChI=1S/C11H21NOS/c1-9(2)10(13)7-12-5-6-14-11(3,4)8-12/h9H,5-8H2,1-4H3. The number of ketones is 1. The average Bonchev–Trinajstić information content (AvgIpc) is 2.01. The second-order valence-electron chi connectivity index (χ2n) is 4.94. The molecule has 0 atom stereocenters. The summed E-state index contributed by atoms with van der Waals surface area (Å²) in [6.07, 6.45) is 0. The first-order valence-electron chi connectivity index (χ1n) is 5.30. The predicted molar refractivity (Wildman–Crippen MR) is 62.8 cm³/mol. The van der Waals surface area contributed by atoms with Gasteiger partial charge in [0.05, 0.1) is 6.54 Å². The molecule has 1 aliphatic heterocycles. The Hall–Kier alpha value is -0.0200. The Morgan fingerprint density at radius 1 is 1.50 bits per heavy atom. The highest BCUT2D eigenvalue weighted by atomic mass is 32.2. The zero-order chi connectivity index (χ0) is 10.8. The molecule has 3 heteroatoms. The quantitative estimate of drug-likeness (QED) is 0.718. The maximum atomic E-state index is 11.6. The van der Waals surface area contributed by atoms with Gasteiger partial charge < -0.3 is 0 Å². The van der Waals surface area contributed by atoms with Gasteiger partial charge in [-0.25, -0.2) is 0 Å². The summed E-state index contributed by atoms with van der Waals surface area (Å²) in [6, 6.07) is 0. The Labute approximate surface area is 91.4 Å². The summed E-state index contributed by atoms with van der Waals surface area (Å²) >= 11 is 2.01. The van der Waals surface area contributed by atoms with Crippen molar-refractivity contribution in [2.75, 3.05) is 25.4 Å². The lowest BCUT2D eigenvalue weighted by Gasteiger charge is -2.37. The van der Waals surface area contributed by atoms with Crippen LogP contribution in [-0.4, -0.2) is 40.8 Å². The maximum Gasteiger partial charge on any atom is 0.149 e. The van der Waals surface area contributed by atoms with Gasteiger partial charge in [0.25, 0.3) is 0 Å². The van der Waals surface area contributed by atoms with E-state index in [4.69, 9.17) is 0 Å². The number of Topliss-reactive ketones (excluding diaryl/α,β-unsaturated/α-hetero) is 1. The largest absolute Gasteiger partial charge is 0.298 e. The smallest absolute Gasteiger partial charge is 0.149 e. The summed E-state index contributed by atoms with van der Waals surface area (Å²) in [7, 11) is 0. The van der Waals surface area contributed by atoms with Crippen LogP contribution in [-0.2, 0) is 4.79 Å². The van der Waals surface area contributed by atoms with Gasteiger partial charge in [-0.1, -0.05) is 13.8 Å². The van der Waals surface area contributed by atoms with E-state index in [-0.39, 0.29) is 5.92 Å². The van der Waals surface area contributed by atoms with Crippen LogP contribution < -0.4 is 0 Å². The highest BCUT2D eigenvalue weighted by Gasteiger charge is 2.28. The Morgan fingerprint density at radius 2 is 2.14 bits per heavy atom. The monoisotopic (exact) mass is 215 g/mol. The number of thioether (sulfide) groups is 1. The number of carbonyl (C=O) groups is 1. The van der Waals surface area contributed by atoms with Gasteiger partial charge in [0.15, 0.2) is 0 Å². The fourth-order valence-electron chi connectivity index (χ4n) is 1.65. The molecule has 0 aromatic rings. The van der Waals surface area contributed by atoms with Crippen LogP contribution in [0.4, 0.5) is 0 Å². The molecule has 14 heavy (non-hydrogen) atoms. The first kappa shape index (κ1) is 12.1. The summed E-state index contributed by atoms with van der Waals surface area (Å²) < 4.78 is 0.315. The third-order valence-electron chi connectivity index (χ3n) is 2.53. The number of hydrogen-bond donors (Lipinski definition) is 0. The van der Waals surface area contributed by atoms with E-state index in [0.29, 0.717) is 17.1 Å². The molecule has 1 aliphatic rings. The number of rotatable bonds is 3. The van der Waals surface area contributed by atoms with E-state index in [9.17, 15) is 4.79 Å². The van der Waals surface area contributed by atoms with Crippen molar-refractivity contribution in [1.29, 1.82) is 0 Å². The van der Waals surface area contributed by atoms with Crippen molar-refractivity contribution in [1.82, 2.24) is 4.90 Å². The molecule has 0 aromatic heterocycles. The molecule has 1 heterocycles. The Kier molecular flexibility index (Phi) is 4.02. The van der Waals surface area contributed by atoms with E-state index in [1.165, 1.54) is 0 Å². The Bertz CT molecular complexity index is 213. The summed E-state index contributed by atoms with van der Waals surface area (Å²) in [5, 5.41) is 0. The number of hydrogen-bond acceptors (Lipinski definition) is 3. The van der Waals surface area contributed by atoms with E-state index in [0.717, 1.165) is 18.8 Å². The maximum absolute atomic E-state index is 11.6. The third kappa shape index (κ3) is 3.62. The molecule has 0 N–H and O–H groups in total. The third-order valence-corrected chi connectivity index (χ3v) is 3.83. The molecule has 82 valence electrons. The second kappa shape index (κ2) is 4.67. The molecule has 0 spiro atoms. The zero-order valence-corrected chi connectivity index (χ0v) is 10.5. The van der Waals surface area contributed by atoms with Gasteiger partial charge in [0, 0.05) is 29.5 Å². The fraction of sp³-hybridized carbons (Fsp3) is 0.909.